The summed E-state index contributed by atoms with van der Waals surface area (Å²) in [4.78, 5) is 7.32. The molecule has 0 saturated carbocycles. The van der Waals surface area contributed by atoms with Gasteiger partial charge >= 0.3 is 0 Å². The topological polar surface area (TPSA) is 33.1 Å². The van der Waals surface area contributed by atoms with Gasteiger partial charge in [-0.25, -0.2) is 4.98 Å². The number of rotatable bonds is 4. The molecule has 1 saturated heterocycles. The van der Waals surface area contributed by atoms with Gasteiger partial charge in [-0.2, -0.15) is 0 Å². The van der Waals surface area contributed by atoms with E-state index in [0.29, 0.717) is 0 Å². The van der Waals surface area contributed by atoms with Crippen molar-refractivity contribution < 1.29 is 0 Å². The molecule has 3 rings (SSSR count). The van der Waals surface area contributed by atoms with E-state index in [1.165, 1.54) is 6.42 Å². The van der Waals surface area contributed by atoms with E-state index in [2.05, 4.69) is 27.8 Å². The van der Waals surface area contributed by atoms with Crippen molar-refractivity contribution in [3.8, 4) is 0 Å². The molecule has 2 aromatic rings. The van der Waals surface area contributed by atoms with Gasteiger partial charge in [0, 0.05) is 19.6 Å². The van der Waals surface area contributed by atoms with Gasteiger partial charge in [-0.1, -0.05) is 24.6 Å². The first-order chi connectivity index (χ1) is 10.3. The van der Waals surface area contributed by atoms with Crippen molar-refractivity contribution >= 4 is 22.6 Å². The normalized spacial score (nSPS) is 17.2. The van der Waals surface area contributed by atoms with Crippen LogP contribution in [0.25, 0.3) is 11.0 Å². The highest BCUT2D eigenvalue weighted by molar-refractivity contribution is 6.35. The second kappa shape index (κ2) is 6.77. The standard InChI is InChI=1S/C16H23ClN4/c1-2-9-21-15(12-20-10-4-7-18-8-11-20)19-14-6-3-5-13(17)16(14)21/h3,5-6,18H,2,4,7-12H2,1H3. The number of fused-ring (bicyclic) bond motifs is 1. The second-order valence-corrected chi connectivity index (χ2v) is 6.07. The average Bonchev–Trinajstić information content (AvgIpc) is 2.65. The van der Waals surface area contributed by atoms with Crippen LogP contribution >= 0.6 is 11.6 Å². The van der Waals surface area contributed by atoms with Crippen molar-refractivity contribution in [1.29, 1.82) is 0 Å². The second-order valence-electron chi connectivity index (χ2n) is 5.67. The molecule has 4 nitrogen and oxygen atoms in total. The van der Waals surface area contributed by atoms with Crippen molar-refractivity contribution in [3.63, 3.8) is 0 Å². The molecule has 114 valence electrons. The van der Waals surface area contributed by atoms with Crippen LogP contribution in [0.3, 0.4) is 0 Å². The predicted molar refractivity (Wildman–Crippen MR) is 87.8 cm³/mol. The van der Waals surface area contributed by atoms with E-state index in [1.54, 1.807) is 0 Å². The van der Waals surface area contributed by atoms with Gasteiger partial charge in [0.1, 0.15) is 5.82 Å². The minimum atomic E-state index is 0.803. The number of aryl methyl sites for hydroxylation is 1. The fourth-order valence-electron chi connectivity index (χ4n) is 3.03. The Bertz CT molecular complexity index is 600. The summed E-state index contributed by atoms with van der Waals surface area (Å²) < 4.78 is 2.30. The van der Waals surface area contributed by atoms with Crippen LogP contribution in [-0.4, -0.2) is 40.6 Å². The monoisotopic (exact) mass is 306 g/mol. The number of para-hydroxylation sites is 1. The molecule has 1 N–H and O–H groups in total. The Labute approximate surface area is 131 Å². The molecule has 0 spiro atoms. The van der Waals surface area contributed by atoms with Gasteiger partial charge < -0.3 is 9.88 Å². The zero-order valence-electron chi connectivity index (χ0n) is 12.6. The lowest BCUT2D eigenvalue weighted by molar-refractivity contribution is 0.273. The molecule has 1 fully saturated rings. The number of hydrogen-bond donors (Lipinski definition) is 1. The van der Waals surface area contributed by atoms with E-state index in [1.807, 2.05) is 12.1 Å². The van der Waals surface area contributed by atoms with Gasteiger partial charge in [0.2, 0.25) is 0 Å². The fraction of sp³-hybridized carbons (Fsp3) is 0.562. The summed E-state index contributed by atoms with van der Waals surface area (Å²) >= 11 is 6.40. The molecule has 1 aromatic carbocycles. The summed E-state index contributed by atoms with van der Waals surface area (Å²) in [6.07, 6.45) is 2.29. The van der Waals surface area contributed by atoms with Crippen molar-refractivity contribution in [3.05, 3.63) is 29.0 Å². The maximum Gasteiger partial charge on any atom is 0.124 e. The third-order valence-electron chi connectivity index (χ3n) is 4.04. The Morgan fingerprint density at radius 2 is 2.19 bits per heavy atom. The summed E-state index contributed by atoms with van der Waals surface area (Å²) in [5, 5.41) is 4.25. The highest BCUT2D eigenvalue weighted by Gasteiger charge is 2.16. The quantitative estimate of drug-likeness (QED) is 0.943. The highest BCUT2D eigenvalue weighted by atomic mass is 35.5. The van der Waals surface area contributed by atoms with Crippen LogP contribution in [0.15, 0.2) is 18.2 Å². The first-order valence-electron chi connectivity index (χ1n) is 7.86. The maximum absolute atomic E-state index is 6.40. The SMILES string of the molecule is CCCn1c(CN2CCCNCC2)nc2cccc(Cl)c21. The zero-order chi connectivity index (χ0) is 14.7. The van der Waals surface area contributed by atoms with Gasteiger partial charge in [-0.3, -0.25) is 4.90 Å². The van der Waals surface area contributed by atoms with Gasteiger partial charge in [0.15, 0.2) is 0 Å². The van der Waals surface area contributed by atoms with Crippen LogP contribution in [0.1, 0.15) is 25.6 Å². The highest BCUT2D eigenvalue weighted by Crippen LogP contribution is 2.25. The number of nitrogens with one attached hydrogen (secondary N) is 1. The molecular formula is C16H23ClN4. The van der Waals surface area contributed by atoms with Crippen LogP contribution in [0.5, 0.6) is 0 Å². The Balaban J connectivity index is 1.93. The molecule has 1 aromatic heterocycles. The number of hydrogen-bond acceptors (Lipinski definition) is 3. The molecule has 0 aliphatic carbocycles. The van der Waals surface area contributed by atoms with Gasteiger partial charge in [0.25, 0.3) is 0 Å². The van der Waals surface area contributed by atoms with Crippen LogP contribution in [0, 0.1) is 0 Å². The molecule has 0 unspecified atom stereocenters. The minimum absolute atomic E-state index is 0.803. The lowest BCUT2D eigenvalue weighted by Crippen LogP contribution is -2.29. The summed E-state index contributed by atoms with van der Waals surface area (Å²) in [5.74, 6) is 1.14. The van der Waals surface area contributed by atoms with Gasteiger partial charge in [-0.05, 0) is 38.1 Å². The van der Waals surface area contributed by atoms with E-state index in [0.717, 1.165) is 67.6 Å². The van der Waals surface area contributed by atoms with Crippen molar-refractivity contribution in [2.24, 2.45) is 0 Å². The molecule has 2 heterocycles. The van der Waals surface area contributed by atoms with Crippen LogP contribution in [0.2, 0.25) is 5.02 Å². The molecule has 0 radical (unpaired) electrons. The van der Waals surface area contributed by atoms with E-state index in [9.17, 15) is 0 Å². The predicted octanol–water partition coefficient (Wildman–Crippen LogP) is 2.90. The molecule has 5 heteroatoms. The zero-order valence-corrected chi connectivity index (χ0v) is 13.4. The number of imidazole rings is 1. The minimum Gasteiger partial charge on any atom is -0.326 e. The van der Waals surface area contributed by atoms with Crippen LogP contribution in [-0.2, 0) is 13.1 Å². The number of aromatic nitrogens is 2. The molecule has 0 atom stereocenters. The fourth-order valence-corrected chi connectivity index (χ4v) is 3.31. The molecule has 21 heavy (non-hydrogen) atoms. The molecular weight excluding hydrogens is 284 g/mol. The van der Waals surface area contributed by atoms with Crippen LogP contribution < -0.4 is 5.32 Å². The largest absolute Gasteiger partial charge is 0.326 e. The van der Waals surface area contributed by atoms with Crippen molar-refractivity contribution in [2.75, 3.05) is 26.2 Å². The average molecular weight is 307 g/mol. The van der Waals surface area contributed by atoms with E-state index < -0.39 is 0 Å². The molecule has 0 amide bonds. The van der Waals surface area contributed by atoms with E-state index >= 15 is 0 Å². The molecule has 1 aliphatic heterocycles. The summed E-state index contributed by atoms with van der Waals surface area (Å²) in [5.41, 5.74) is 2.10. The smallest absolute Gasteiger partial charge is 0.124 e. The first kappa shape index (κ1) is 14.8. The van der Waals surface area contributed by atoms with Crippen LogP contribution in [0.4, 0.5) is 0 Å². The van der Waals surface area contributed by atoms with E-state index in [-0.39, 0.29) is 0 Å². The van der Waals surface area contributed by atoms with Gasteiger partial charge in [-0.15, -0.1) is 0 Å². The number of halogens is 1. The molecule has 0 bridgehead atoms. The van der Waals surface area contributed by atoms with Crippen molar-refractivity contribution in [1.82, 2.24) is 19.8 Å². The number of benzene rings is 1. The third-order valence-corrected chi connectivity index (χ3v) is 4.35. The molecule has 1 aliphatic rings. The Kier molecular flexibility index (Phi) is 4.78. The van der Waals surface area contributed by atoms with Gasteiger partial charge in [0.05, 0.1) is 22.6 Å². The summed E-state index contributed by atoms with van der Waals surface area (Å²) in [6.45, 7) is 8.48. The summed E-state index contributed by atoms with van der Waals surface area (Å²) in [7, 11) is 0. The third kappa shape index (κ3) is 3.23. The lowest BCUT2D eigenvalue weighted by Gasteiger charge is -2.19. The Morgan fingerprint density at radius 1 is 1.29 bits per heavy atom. The van der Waals surface area contributed by atoms with E-state index in [4.69, 9.17) is 16.6 Å². The Morgan fingerprint density at radius 3 is 3.05 bits per heavy atom. The lowest BCUT2D eigenvalue weighted by atomic mass is 10.3. The maximum atomic E-state index is 6.40. The Hall–Kier alpha value is -1.10. The number of nitrogens with zero attached hydrogens (tertiary/aromatic N) is 3. The van der Waals surface area contributed by atoms with Crippen molar-refractivity contribution in [2.45, 2.75) is 32.9 Å². The first-order valence-corrected chi connectivity index (χ1v) is 8.24. The summed E-state index contributed by atoms with van der Waals surface area (Å²) in [6, 6.07) is 5.99.